The highest BCUT2D eigenvalue weighted by molar-refractivity contribution is 7.93. The van der Waals surface area contributed by atoms with Gasteiger partial charge in [-0.2, -0.15) is 0 Å². The standard InChI is InChI=1S/C12H18N2O2S2/c1-3-11(12(13)17)18(15,16)14-9(2)10-7-5-4-6-8-10/h4-9,11,14H,3H2,1-2H3,(H2,13,17). The lowest BCUT2D eigenvalue weighted by Gasteiger charge is -2.19. The first-order valence-corrected chi connectivity index (χ1v) is 7.69. The minimum Gasteiger partial charge on any atom is -0.392 e. The van der Waals surface area contributed by atoms with Crippen LogP contribution >= 0.6 is 12.2 Å². The fourth-order valence-corrected chi connectivity index (χ4v) is 3.80. The molecule has 6 heteroatoms. The van der Waals surface area contributed by atoms with Crippen LogP contribution in [0.25, 0.3) is 0 Å². The molecule has 0 aliphatic rings. The predicted molar refractivity (Wildman–Crippen MR) is 77.8 cm³/mol. The predicted octanol–water partition coefficient (Wildman–Crippen LogP) is 1.73. The van der Waals surface area contributed by atoms with Crippen LogP contribution in [0, 0.1) is 0 Å². The van der Waals surface area contributed by atoms with E-state index in [-0.39, 0.29) is 11.0 Å². The van der Waals surface area contributed by atoms with Gasteiger partial charge in [-0.05, 0) is 18.9 Å². The Balaban J connectivity index is 2.87. The van der Waals surface area contributed by atoms with Gasteiger partial charge in [0.15, 0.2) is 0 Å². The van der Waals surface area contributed by atoms with E-state index in [2.05, 4.69) is 4.72 Å². The Labute approximate surface area is 114 Å². The fraction of sp³-hybridized carbons (Fsp3) is 0.417. The van der Waals surface area contributed by atoms with E-state index in [1.54, 1.807) is 13.8 Å². The van der Waals surface area contributed by atoms with E-state index < -0.39 is 15.3 Å². The minimum absolute atomic E-state index is 0.00487. The van der Waals surface area contributed by atoms with Crippen LogP contribution in [0.3, 0.4) is 0 Å². The summed E-state index contributed by atoms with van der Waals surface area (Å²) in [4.78, 5) is 0.00487. The van der Waals surface area contributed by atoms with Gasteiger partial charge in [-0.25, -0.2) is 13.1 Å². The first-order valence-electron chi connectivity index (χ1n) is 5.74. The summed E-state index contributed by atoms with van der Waals surface area (Å²) >= 11 is 4.79. The molecule has 0 aliphatic carbocycles. The molecular weight excluding hydrogens is 268 g/mol. The second-order valence-corrected chi connectivity index (χ2v) is 6.46. The van der Waals surface area contributed by atoms with E-state index in [0.717, 1.165) is 5.56 Å². The average Bonchev–Trinajstić information content (AvgIpc) is 2.29. The van der Waals surface area contributed by atoms with Crippen molar-refractivity contribution in [1.82, 2.24) is 4.72 Å². The van der Waals surface area contributed by atoms with Gasteiger partial charge in [-0.15, -0.1) is 0 Å². The second-order valence-electron chi connectivity index (χ2n) is 4.09. The molecule has 0 heterocycles. The maximum atomic E-state index is 12.1. The molecule has 100 valence electrons. The molecule has 0 radical (unpaired) electrons. The summed E-state index contributed by atoms with van der Waals surface area (Å²) in [6.07, 6.45) is 0.367. The number of hydrogen-bond acceptors (Lipinski definition) is 3. The van der Waals surface area contributed by atoms with E-state index in [4.69, 9.17) is 18.0 Å². The highest BCUT2D eigenvalue weighted by atomic mass is 32.2. The van der Waals surface area contributed by atoms with Crippen molar-refractivity contribution in [2.24, 2.45) is 5.73 Å². The maximum Gasteiger partial charge on any atom is 0.221 e. The summed E-state index contributed by atoms with van der Waals surface area (Å²) < 4.78 is 26.8. The molecule has 2 atom stereocenters. The van der Waals surface area contributed by atoms with Gasteiger partial charge in [-0.1, -0.05) is 49.5 Å². The molecule has 1 aromatic carbocycles. The maximum absolute atomic E-state index is 12.1. The molecule has 0 aliphatic heterocycles. The van der Waals surface area contributed by atoms with E-state index in [1.807, 2.05) is 30.3 Å². The summed E-state index contributed by atoms with van der Waals surface area (Å²) in [7, 11) is -3.54. The second kappa shape index (κ2) is 6.26. The lowest BCUT2D eigenvalue weighted by atomic mass is 10.1. The van der Waals surface area contributed by atoms with Crippen LogP contribution in [0.1, 0.15) is 31.9 Å². The van der Waals surface area contributed by atoms with Crippen LogP contribution in [0.15, 0.2) is 30.3 Å². The molecule has 0 saturated carbocycles. The molecule has 0 aromatic heterocycles. The van der Waals surface area contributed by atoms with Crippen molar-refractivity contribution in [2.45, 2.75) is 31.6 Å². The molecule has 0 bridgehead atoms. The lowest BCUT2D eigenvalue weighted by Crippen LogP contribution is -2.42. The zero-order valence-electron chi connectivity index (χ0n) is 10.5. The van der Waals surface area contributed by atoms with Gasteiger partial charge in [0, 0.05) is 6.04 Å². The third-order valence-corrected chi connectivity index (χ3v) is 5.16. The van der Waals surface area contributed by atoms with Gasteiger partial charge in [-0.3, -0.25) is 0 Å². The van der Waals surface area contributed by atoms with Gasteiger partial charge in [0.1, 0.15) is 5.25 Å². The minimum atomic E-state index is -3.54. The summed E-state index contributed by atoms with van der Waals surface area (Å²) in [5, 5.41) is -0.821. The lowest BCUT2D eigenvalue weighted by molar-refractivity contribution is 0.560. The molecule has 0 amide bonds. The molecule has 2 unspecified atom stereocenters. The van der Waals surface area contributed by atoms with E-state index >= 15 is 0 Å². The van der Waals surface area contributed by atoms with Gasteiger partial charge in [0.05, 0.1) is 4.99 Å². The number of hydrogen-bond donors (Lipinski definition) is 2. The Morgan fingerprint density at radius 3 is 2.39 bits per heavy atom. The Bertz CT molecular complexity index is 500. The number of sulfonamides is 1. The first-order chi connectivity index (χ1) is 8.38. The van der Waals surface area contributed by atoms with Crippen LogP contribution in [0.2, 0.25) is 0 Å². The van der Waals surface area contributed by atoms with Gasteiger partial charge in [0.2, 0.25) is 10.0 Å². The summed E-state index contributed by atoms with van der Waals surface area (Å²) in [6, 6.07) is 9.05. The highest BCUT2D eigenvalue weighted by Crippen LogP contribution is 2.15. The normalized spacial score (nSPS) is 15.0. The van der Waals surface area contributed by atoms with Crippen LogP contribution in [0.4, 0.5) is 0 Å². The van der Waals surface area contributed by atoms with Crippen molar-refractivity contribution in [1.29, 1.82) is 0 Å². The summed E-state index contributed by atoms with van der Waals surface area (Å²) in [5.41, 5.74) is 6.36. The Kier molecular flexibility index (Phi) is 5.25. The fourth-order valence-electron chi connectivity index (χ4n) is 1.71. The zero-order chi connectivity index (χ0) is 13.8. The number of benzene rings is 1. The number of thiocarbonyl (C=S) groups is 1. The Hall–Kier alpha value is -0.980. The van der Waals surface area contributed by atoms with Crippen molar-refractivity contribution in [3.05, 3.63) is 35.9 Å². The molecule has 0 saturated heterocycles. The first kappa shape index (κ1) is 15.1. The topological polar surface area (TPSA) is 72.2 Å². The largest absolute Gasteiger partial charge is 0.392 e. The van der Waals surface area contributed by atoms with Crippen LogP contribution < -0.4 is 10.5 Å². The van der Waals surface area contributed by atoms with Crippen molar-refractivity contribution >= 4 is 27.2 Å². The van der Waals surface area contributed by atoms with Crippen LogP contribution in [0.5, 0.6) is 0 Å². The summed E-state index contributed by atoms with van der Waals surface area (Å²) in [6.45, 7) is 3.54. The third-order valence-electron chi connectivity index (χ3n) is 2.70. The average molecular weight is 286 g/mol. The molecule has 1 rings (SSSR count). The van der Waals surface area contributed by atoms with Gasteiger partial charge in [0.25, 0.3) is 0 Å². The molecule has 3 N–H and O–H groups in total. The zero-order valence-corrected chi connectivity index (χ0v) is 12.1. The number of nitrogens with one attached hydrogen (secondary N) is 1. The number of rotatable bonds is 6. The number of nitrogens with two attached hydrogens (primary N) is 1. The Morgan fingerprint density at radius 2 is 1.94 bits per heavy atom. The van der Waals surface area contributed by atoms with E-state index in [0.29, 0.717) is 6.42 Å². The van der Waals surface area contributed by atoms with Gasteiger partial charge < -0.3 is 5.73 Å². The SMILES string of the molecule is CCC(C(N)=S)S(=O)(=O)NC(C)c1ccccc1. The van der Waals surface area contributed by atoms with Crippen molar-refractivity contribution in [3.63, 3.8) is 0 Å². The monoisotopic (exact) mass is 286 g/mol. The third kappa shape index (κ3) is 3.76. The van der Waals surface area contributed by atoms with E-state index in [1.165, 1.54) is 0 Å². The van der Waals surface area contributed by atoms with Crippen molar-refractivity contribution < 1.29 is 8.42 Å². The van der Waals surface area contributed by atoms with Crippen molar-refractivity contribution in [2.75, 3.05) is 0 Å². The van der Waals surface area contributed by atoms with Crippen molar-refractivity contribution in [3.8, 4) is 0 Å². The molecule has 4 nitrogen and oxygen atoms in total. The van der Waals surface area contributed by atoms with Crippen LogP contribution in [-0.2, 0) is 10.0 Å². The summed E-state index contributed by atoms with van der Waals surface area (Å²) in [5.74, 6) is 0. The Morgan fingerprint density at radius 1 is 1.39 bits per heavy atom. The van der Waals surface area contributed by atoms with Crippen LogP contribution in [-0.4, -0.2) is 18.7 Å². The molecule has 1 aromatic rings. The highest BCUT2D eigenvalue weighted by Gasteiger charge is 2.27. The molecule has 0 fully saturated rings. The van der Waals surface area contributed by atoms with Gasteiger partial charge >= 0.3 is 0 Å². The molecule has 18 heavy (non-hydrogen) atoms. The molecular formula is C12H18N2O2S2. The molecule has 0 spiro atoms. The van der Waals surface area contributed by atoms with E-state index in [9.17, 15) is 8.42 Å². The quantitative estimate of drug-likeness (QED) is 0.781. The smallest absolute Gasteiger partial charge is 0.221 e.